The van der Waals surface area contributed by atoms with Crippen LogP contribution in [0.4, 0.5) is 0 Å². The van der Waals surface area contributed by atoms with E-state index in [2.05, 4.69) is 47.4 Å². The molecule has 1 aliphatic heterocycles. The Labute approximate surface area is 245 Å². The van der Waals surface area contributed by atoms with Gasteiger partial charge in [-0.3, -0.25) is 0 Å². The first-order chi connectivity index (χ1) is 19.3. The first-order valence-electron chi connectivity index (χ1n) is 15.8. The van der Waals surface area contributed by atoms with Gasteiger partial charge >= 0.3 is 0 Å². The highest BCUT2D eigenvalue weighted by molar-refractivity contribution is 7.92. The lowest BCUT2D eigenvalue weighted by Gasteiger charge is -2.33. The molecular formula is C36H47O2PS. The van der Waals surface area contributed by atoms with Crippen molar-refractivity contribution in [3.8, 4) is 22.3 Å². The standard InChI is InChI=1S/C36H47O2PS/c1-4-6-8-10-12-14-20-36(21-15-13-11-9-7-5-2)32-23-27(39)17-19-28(32)30-25-35-31(24-33(30)36)29-18-16-26(3)22-34(29)40(35,37)38/h16-19,22-25H,4-15,20-21,39H2,1-3H3. The highest BCUT2D eigenvalue weighted by Crippen LogP contribution is 2.57. The van der Waals surface area contributed by atoms with E-state index >= 15 is 0 Å². The number of rotatable bonds is 14. The van der Waals surface area contributed by atoms with Crippen LogP contribution in [0.5, 0.6) is 0 Å². The Morgan fingerprint density at radius 1 is 0.600 bits per heavy atom. The molecule has 0 saturated carbocycles. The van der Waals surface area contributed by atoms with Gasteiger partial charge in [-0.15, -0.1) is 9.24 Å². The molecule has 0 aromatic heterocycles. The van der Waals surface area contributed by atoms with Crippen LogP contribution in [0.2, 0.25) is 0 Å². The molecule has 0 amide bonds. The molecule has 1 unspecified atom stereocenters. The second-order valence-corrected chi connectivity index (χ2v) is 14.9. The van der Waals surface area contributed by atoms with E-state index in [4.69, 9.17) is 0 Å². The largest absolute Gasteiger partial charge is 0.218 e. The van der Waals surface area contributed by atoms with Gasteiger partial charge in [-0.25, -0.2) is 8.42 Å². The number of benzene rings is 3. The number of hydrogen-bond donors (Lipinski definition) is 0. The quantitative estimate of drug-likeness (QED) is 0.111. The van der Waals surface area contributed by atoms with Crippen molar-refractivity contribution in [2.75, 3.05) is 0 Å². The fraction of sp³-hybridized carbons (Fsp3) is 0.500. The van der Waals surface area contributed by atoms with Crippen molar-refractivity contribution in [2.24, 2.45) is 0 Å². The second kappa shape index (κ2) is 12.5. The Bertz CT molecular complexity index is 1450. The predicted molar refractivity (Wildman–Crippen MR) is 174 cm³/mol. The highest BCUT2D eigenvalue weighted by Gasteiger charge is 2.45. The molecule has 2 nitrogen and oxygen atoms in total. The topological polar surface area (TPSA) is 34.1 Å². The predicted octanol–water partition coefficient (Wildman–Crippen LogP) is 10.1. The van der Waals surface area contributed by atoms with Crippen LogP contribution in [0, 0.1) is 6.92 Å². The molecule has 1 heterocycles. The Morgan fingerprint density at radius 2 is 1.15 bits per heavy atom. The number of aryl methyl sites for hydroxylation is 1. The van der Waals surface area contributed by atoms with Crippen LogP contribution in [0.15, 0.2) is 58.3 Å². The van der Waals surface area contributed by atoms with Gasteiger partial charge in [0.05, 0.1) is 9.79 Å². The summed E-state index contributed by atoms with van der Waals surface area (Å²) in [6, 6.07) is 17.0. The van der Waals surface area contributed by atoms with Crippen molar-refractivity contribution in [3.05, 3.63) is 65.2 Å². The summed E-state index contributed by atoms with van der Waals surface area (Å²) >= 11 is 0. The average Bonchev–Trinajstić information content (AvgIpc) is 3.32. The highest BCUT2D eigenvalue weighted by atomic mass is 32.2. The third-order valence-corrected chi connectivity index (χ3v) is 11.6. The zero-order chi connectivity index (χ0) is 28.3. The molecule has 1 aliphatic carbocycles. The summed E-state index contributed by atoms with van der Waals surface area (Å²) < 4.78 is 27.5. The molecule has 5 rings (SSSR count). The average molecular weight is 575 g/mol. The van der Waals surface area contributed by atoms with E-state index in [1.54, 1.807) is 0 Å². The van der Waals surface area contributed by atoms with Crippen molar-refractivity contribution in [1.29, 1.82) is 0 Å². The van der Waals surface area contributed by atoms with E-state index < -0.39 is 9.84 Å². The molecule has 0 spiro atoms. The molecule has 0 saturated heterocycles. The van der Waals surface area contributed by atoms with Crippen LogP contribution < -0.4 is 5.30 Å². The van der Waals surface area contributed by atoms with Crippen molar-refractivity contribution in [1.82, 2.24) is 0 Å². The molecule has 4 heteroatoms. The fourth-order valence-electron chi connectivity index (χ4n) is 7.24. The van der Waals surface area contributed by atoms with Crippen LogP contribution in [0.3, 0.4) is 0 Å². The van der Waals surface area contributed by atoms with E-state index in [-0.39, 0.29) is 5.41 Å². The van der Waals surface area contributed by atoms with Gasteiger partial charge in [0.25, 0.3) is 0 Å². The summed E-state index contributed by atoms with van der Waals surface area (Å²) in [5.41, 5.74) is 7.87. The summed E-state index contributed by atoms with van der Waals surface area (Å²) in [7, 11) is -0.615. The zero-order valence-electron chi connectivity index (χ0n) is 24.8. The maximum atomic E-state index is 13.7. The molecule has 214 valence electrons. The van der Waals surface area contributed by atoms with Gasteiger partial charge < -0.3 is 0 Å². The smallest absolute Gasteiger partial charge is 0.207 e. The third kappa shape index (κ3) is 5.46. The number of sulfone groups is 1. The van der Waals surface area contributed by atoms with Gasteiger partial charge in [-0.1, -0.05) is 121 Å². The lowest BCUT2D eigenvalue weighted by Crippen LogP contribution is -2.26. The van der Waals surface area contributed by atoms with E-state index in [1.165, 1.54) is 99.0 Å². The van der Waals surface area contributed by atoms with Gasteiger partial charge in [0, 0.05) is 16.5 Å². The second-order valence-electron chi connectivity index (χ2n) is 12.3. The normalized spacial score (nSPS) is 15.5. The van der Waals surface area contributed by atoms with Crippen molar-refractivity contribution < 1.29 is 8.42 Å². The summed E-state index contributed by atoms with van der Waals surface area (Å²) in [4.78, 5) is 0.965. The molecule has 3 aromatic carbocycles. The summed E-state index contributed by atoms with van der Waals surface area (Å²) in [5.74, 6) is 0. The summed E-state index contributed by atoms with van der Waals surface area (Å²) in [5, 5.41) is 1.21. The van der Waals surface area contributed by atoms with Gasteiger partial charge in [0.1, 0.15) is 0 Å². The molecule has 3 aromatic rings. The minimum Gasteiger partial charge on any atom is -0.218 e. The van der Waals surface area contributed by atoms with Crippen LogP contribution in [0.25, 0.3) is 22.3 Å². The van der Waals surface area contributed by atoms with E-state index in [9.17, 15) is 8.42 Å². The summed E-state index contributed by atoms with van der Waals surface area (Å²) in [6.45, 7) is 6.53. The van der Waals surface area contributed by atoms with Crippen LogP contribution in [0.1, 0.15) is 120 Å². The minimum absolute atomic E-state index is 0.0565. The van der Waals surface area contributed by atoms with Crippen molar-refractivity contribution in [3.63, 3.8) is 0 Å². The monoisotopic (exact) mass is 574 g/mol. The molecule has 0 bridgehead atoms. The first kappa shape index (κ1) is 29.5. The molecule has 0 radical (unpaired) electrons. The SMILES string of the molecule is CCCCCCCCC1(CCCCCCCC)c2cc(P)ccc2-c2cc3c(cc21)-c1ccc(C)cc1S3(=O)=O. The van der Waals surface area contributed by atoms with Crippen molar-refractivity contribution >= 4 is 24.4 Å². The number of unbranched alkanes of at least 4 members (excludes halogenated alkanes) is 10. The van der Waals surface area contributed by atoms with E-state index in [0.717, 1.165) is 35.1 Å². The van der Waals surface area contributed by atoms with Gasteiger partial charge in [0.2, 0.25) is 9.84 Å². The fourth-order valence-corrected chi connectivity index (χ4v) is 9.28. The van der Waals surface area contributed by atoms with Crippen molar-refractivity contribution in [2.45, 2.75) is 126 Å². The Hall–Kier alpha value is -1.96. The molecule has 40 heavy (non-hydrogen) atoms. The van der Waals surface area contributed by atoms with Crippen LogP contribution >= 0.6 is 9.24 Å². The van der Waals surface area contributed by atoms with Gasteiger partial charge in [-0.05, 0) is 71.1 Å². The molecular weight excluding hydrogens is 527 g/mol. The van der Waals surface area contributed by atoms with Gasteiger partial charge in [0.15, 0.2) is 0 Å². The Balaban J connectivity index is 1.59. The maximum Gasteiger partial charge on any atom is 0.207 e. The zero-order valence-corrected chi connectivity index (χ0v) is 26.8. The van der Waals surface area contributed by atoms with E-state index in [0.29, 0.717) is 9.79 Å². The lowest BCUT2D eigenvalue weighted by atomic mass is 9.70. The maximum absolute atomic E-state index is 13.7. The molecule has 0 fully saturated rings. The number of hydrogen-bond acceptors (Lipinski definition) is 2. The first-order valence-corrected chi connectivity index (χ1v) is 17.8. The summed E-state index contributed by atoms with van der Waals surface area (Å²) in [6.07, 6.45) is 17.7. The van der Waals surface area contributed by atoms with E-state index in [1.807, 2.05) is 31.2 Å². The number of fused-ring (bicyclic) bond motifs is 6. The molecule has 0 N–H and O–H groups in total. The Morgan fingerprint density at radius 3 is 1.80 bits per heavy atom. The Kier molecular flexibility index (Phi) is 9.23. The lowest BCUT2D eigenvalue weighted by molar-refractivity contribution is 0.398. The van der Waals surface area contributed by atoms with Gasteiger partial charge in [-0.2, -0.15) is 0 Å². The molecule has 2 aliphatic rings. The van der Waals surface area contributed by atoms with Crippen LogP contribution in [-0.4, -0.2) is 8.42 Å². The minimum atomic E-state index is -3.52. The molecule has 1 atom stereocenters. The third-order valence-electron chi connectivity index (χ3n) is 9.41. The van der Waals surface area contributed by atoms with Crippen LogP contribution in [-0.2, 0) is 15.3 Å².